The number of ether oxygens (including phenoxy) is 14. The number of hydrogen-bond donors (Lipinski definition) is 7. The average Bonchev–Trinajstić information content (AvgIpc) is 0.945. The Morgan fingerprint density at radius 1 is 0.277 bits per heavy atom. The maximum Gasteiger partial charge on any atom is 0.231 e. The Hall–Kier alpha value is -10.4. The standard InChI is InChI=1S/7C14H18O3/c7*1-14(2,3)13(15)7-5-10-4-6-11-12(8-10)17-9-16-11/h7*4-8,13,15H,9H2,1-3H3/b7*7-5+/i1D3,2D3,5D,7D,9D2,13D;1D3,2D3,4D,6D,7D,8D;4D,6D,7D,8D,9D2;1D3,2D3,5D,7D,13D;1D3,2D3,5D,7D,9D2;5D,7D,9D2,13D;4D,6D,7D,8D. The van der Waals surface area contributed by atoms with E-state index in [1.807, 2.05) is 0 Å². The molecule has 0 radical (unpaired) electrons. The summed E-state index contributed by atoms with van der Waals surface area (Å²) in [6.45, 7) is -17.3. The smallest absolute Gasteiger partial charge is 0.231 e. The fourth-order valence-electron chi connectivity index (χ4n) is 8.18. The van der Waals surface area contributed by atoms with Gasteiger partial charge in [0.1, 0.15) is 11.0 Å². The summed E-state index contributed by atoms with van der Waals surface area (Å²) in [6.07, 6.45) is -12.5. The number of benzene rings is 7. The number of aliphatic hydroxyl groups is 7. The van der Waals surface area contributed by atoms with Crippen LogP contribution in [-0.4, -0.2) is 126 Å². The van der Waals surface area contributed by atoms with E-state index in [2.05, 4.69) is 0 Å². The third-order valence-corrected chi connectivity index (χ3v) is 15.4. The first kappa shape index (κ1) is 43.2. The maximum absolute atomic E-state index is 10.5. The molecule has 7 aromatic carbocycles. The molecule has 0 bridgehead atoms. The van der Waals surface area contributed by atoms with Crippen molar-refractivity contribution in [3.63, 3.8) is 0 Å². The quantitative estimate of drug-likeness (QED) is 0.0533. The Morgan fingerprint density at radius 2 is 0.513 bits per heavy atom. The number of aliphatic hydroxyl groups excluding tert-OH is 4. The van der Waals surface area contributed by atoms with E-state index in [1.54, 1.807) is 62.3 Å². The average molecular weight is 1700 g/mol. The van der Waals surface area contributed by atoms with Crippen molar-refractivity contribution < 1.29 is 177 Å². The molecule has 21 heteroatoms. The van der Waals surface area contributed by atoms with Crippen LogP contribution in [0.4, 0.5) is 0 Å². The second kappa shape index (κ2) is 41.6. The molecule has 0 aromatic heterocycles. The zero-order valence-electron chi connectivity index (χ0n) is 121. The second-order valence-corrected chi connectivity index (χ2v) is 29.6. The van der Waals surface area contributed by atoms with E-state index in [1.165, 1.54) is 72.8 Å². The van der Waals surface area contributed by atoms with Gasteiger partial charge in [-0.2, -0.15) is 0 Å². The molecule has 0 saturated heterocycles. The molecule has 21 nitrogen and oxygen atoms in total. The normalized spacial score (nSPS) is 27.4. The van der Waals surface area contributed by atoms with Gasteiger partial charge in [0, 0.05) is 32.9 Å². The van der Waals surface area contributed by atoms with E-state index in [0.29, 0.717) is 19.6 Å². The van der Waals surface area contributed by atoms with Crippen LogP contribution in [0.3, 0.4) is 0 Å². The van der Waals surface area contributed by atoms with Gasteiger partial charge < -0.3 is 102 Å². The summed E-state index contributed by atoms with van der Waals surface area (Å²) in [4.78, 5) is 0. The Morgan fingerprint density at radius 3 is 0.840 bits per heavy atom. The summed E-state index contributed by atoms with van der Waals surface area (Å²) < 4.78 is 493. The number of hydrogen-bond acceptors (Lipinski definition) is 21. The van der Waals surface area contributed by atoms with Crippen LogP contribution in [0.1, 0.15) is 259 Å². The predicted molar refractivity (Wildman–Crippen MR) is 469 cm³/mol. The van der Waals surface area contributed by atoms with E-state index >= 15 is 0 Å². The van der Waals surface area contributed by atoms with Crippen molar-refractivity contribution in [2.45, 2.75) is 187 Å². The van der Waals surface area contributed by atoms with Gasteiger partial charge in [0.15, 0.2) is 80.5 Å². The van der Waals surface area contributed by atoms with Gasteiger partial charge in [0.25, 0.3) is 0 Å². The van der Waals surface area contributed by atoms with Crippen molar-refractivity contribution >= 4 is 42.4 Å². The Labute approximate surface area is 781 Å². The lowest BCUT2D eigenvalue weighted by Gasteiger charge is -2.22. The van der Waals surface area contributed by atoms with Crippen molar-refractivity contribution in [3.05, 3.63) is 208 Å². The van der Waals surface area contributed by atoms with Gasteiger partial charge >= 0.3 is 0 Å². The van der Waals surface area contributed by atoms with Gasteiger partial charge in [0.05, 0.1) is 74.2 Å². The minimum Gasteiger partial charge on any atom is -0.454 e. The lowest BCUT2D eigenvalue weighted by molar-refractivity contribution is 0.106. The second-order valence-electron chi connectivity index (χ2n) is 29.6. The largest absolute Gasteiger partial charge is 0.454 e. The van der Waals surface area contributed by atoms with Gasteiger partial charge in [-0.25, -0.2) is 0 Å². The highest BCUT2D eigenvalue weighted by atomic mass is 16.7. The van der Waals surface area contributed by atoms with Crippen molar-refractivity contribution in [2.75, 3.05) is 47.4 Å². The van der Waals surface area contributed by atoms with Gasteiger partial charge in [-0.05, 0) is 162 Å². The molecule has 0 fully saturated rings. The highest BCUT2D eigenvalue weighted by molar-refractivity contribution is 5.63. The molecule has 0 saturated carbocycles. The molecule has 644 valence electrons. The summed E-state index contributed by atoms with van der Waals surface area (Å²) in [5.74, 6) is 0.351. The van der Waals surface area contributed by atoms with E-state index in [4.69, 9.17) is 142 Å². The molecular weight excluding hydrogens is 1510 g/mol. The fourth-order valence-corrected chi connectivity index (χ4v) is 8.18. The Bertz CT molecular complexity index is 7360. The van der Waals surface area contributed by atoms with Gasteiger partial charge in [-0.1, -0.05) is 272 Å². The van der Waals surface area contributed by atoms with E-state index in [-0.39, 0.29) is 188 Å². The highest BCUT2D eigenvalue weighted by Crippen LogP contribution is 2.40. The molecule has 7 aliphatic heterocycles. The van der Waals surface area contributed by atoms with Crippen molar-refractivity contribution in [2.24, 2.45) is 37.9 Å². The summed E-state index contributed by atoms with van der Waals surface area (Å²) in [6, 6.07) is 5.32. The van der Waals surface area contributed by atoms with Crippen LogP contribution in [0.5, 0.6) is 80.5 Å². The van der Waals surface area contributed by atoms with Crippen LogP contribution < -0.4 is 66.3 Å². The third kappa shape index (κ3) is 30.1. The Kier molecular flexibility index (Phi) is 15.1. The minimum absolute atomic E-state index is 0.00228. The van der Waals surface area contributed by atoms with Gasteiger partial charge in [-0.3, -0.25) is 0 Å². The van der Waals surface area contributed by atoms with Crippen LogP contribution in [0, 0.1) is 37.9 Å². The Balaban J connectivity index is 0.000000245. The van der Waals surface area contributed by atoms with Crippen LogP contribution >= 0.6 is 0 Å². The third-order valence-electron chi connectivity index (χ3n) is 15.4. The zero-order valence-corrected chi connectivity index (χ0v) is 66.4. The topological polar surface area (TPSA) is 271 Å². The van der Waals surface area contributed by atoms with Crippen molar-refractivity contribution in [1.82, 2.24) is 0 Å². The van der Waals surface area contributed by atoms with Gasteiger partial charge in [0.2, 0.25) is 47.4 Å². The molecule has 7 atom stereocenters. The maximum atomic E-state index is 10.5. The molecule has 0 amide bonds. The SMILES string of the molecule is [2H]/C(=C(/[2H])C(O)C(C)(C([2H])([2H])[2H])C([2H])([2H])[2H])c1ccc2c(c1)OC([2H])([2H])O2.[2H]/C(=C(/[2H])C([2H])(O)C(C)(C([2H])([2H])[2H])C([2H])([2H])[2H])c1ccc2c(c1)OC([2H])([2H])O2.[2H]/C(=C(/[2H])C([2H])(O)C(C)(C([2H])([2H])[2H])C([2H])([2H])[2H])c1ccc2c(c1)OCO2.[2H]/C(=C(/[2H])C([2H])(O)C(C)(C)C)c1ccc2c(c1)OC([2H])([2H])O2.[2H]/C(=C\c1c([2H])c([2H])c2c(c1[2H])OC([2H])([2H])O2)C(O)C(C)(C)C.[2H]/C(=C\c1c([2H])c([2H])c2c(c1[2H])OCO2)C(O)C(C)(C([2H])([2H])[2H])C([2H])([2H])[2H].[2H]/C(=C\c1c([2H])c([2H])c2c(c1[2H])OCO2)C(O)C(C)(C)C. The molecule has 0 spiro atoms. The number of rotatable bonds is 14. The molecule has 14 rings (SSSR count). The first-order chi connectivity index (χ1) is 78.0. The first-order valence-corrected chi connectivity index (χ1v) is 35.4. The van der Waals surface area contributed by atoms with E-state index < -0.39 is 229 Å². The molecule has 7 aromatic rings. The summed E-state index contributed by atoms with van der Waals surface area (Å²) in [5, 5.41) is 72.3. The fraction of sp³-hybridized carbons (Fsp3) is 0.429. The van der Waals surface area contributed by atoms with Crippen molar-refractivity contribution in [1.29, 1.82) is 0 Å². The first-order valence-electron chi connectivity index (χ1n) is 62.9. The molecular formula is C98H126O21. The summed E-state index contributed by atoms with van der Waals surface area (Å²) in [7, 11) is 0. The molecule has 7 heterocycles. The van der Waals surface area contributed by atoms with E-state index in [0.717, 1.165) is 32.1 Å². The predicted octanol–water partition coefficient (Wildman–Crippen LogP) is 19.8. The minimum atomic E-state index is -3.47. The van der Waals surface area contributed by atoms with Gasteiger partial charge in [-0.15, -0.1) is 0 Å². The van der Waals surface area contributed by atoms with Crippen LogP contribution in [0.2, 0.25) is 0 Å². The molecule has 7 unspecified atom stereocenters. The summed E-state index contributed by atoms with van der Waals surface area (Å²) in [5.41, 5.74) is -13.6. The molecule has 7 N–H and O–H groups in total. The molecule has 119 heavy (non-hydrogen) atoms. The van der Waals surface area contributed by atoms with Crippen LogP contribution in [0.15, 0.2) is 170 Å². The lowest BCUT2D eigenvalue weighted by atomic mass is 9.89. The zero-order chi connectivity index (χ0) is 135. The monoisotopic (exact) mass is 1690 g/mol. The summed E-state index contributed by atoms with van der Waals surface area (Å²) >= 11 is 0. The molecule has 7 aliphatic rings. The molecule has 0 aliphatic carbocycles. The van der Waals surface area contributed by atoms with E-state index in [9.17, 15) is 35.7 Å². The highest BCUT2D eigenvalue weighted by Gasteiger charge is 2.27. The lowest BCUT2D eigenvalue weighted by Crippen LogP contribution is -2.23. The van der Waals surface area contributed by atoms with Crippen molar-refractivity contribution in [3.8, 4) is 80.5 Å². The van der Waals surface area contributed by atoms with Crippen LogP contribution in [-0.2, 0) is 0 Å². The van der Waals surface area contributed by atoms with Crippen LogP contribution in [0.25, 0.3) is 42.4 Å². The number of fused-ring (bicyclic) bond motifs is 7.